The Morgan fingerprint density at radius 3 is 2.47 bits per heavy atom. The van der Waals surface area contributed by atoms with E-state index in [0.29, 0.717) is 18.6 Å². The maximum atomic E-state index is 14.5. The Morgan fingerprint density at radius 1 is 0.977 bits per heavy atom. The SMILES string of the molecule is Cc1nc2ccccc2[nH]1.O=C(c1cccc(Cl)c1F)N1CCC(CCN2C3CCCC4CCC432)(c2ccccc2)CC1. The molecule has 2 aliphatic carbocycles. The van der Waals surface area contributed by atoms with Crippen molar-refractivity contribution in [1.82, 2.24) is 19.8 Å². The van der Waals surface area contributed by atoms with Gasteiger partial charge in [-0.3, -0.25) is 9.69 Å². The van der Waals surface area contributed by atoms with Crippen molar-refractivity contribution in [1.29, 1.82) is 0 Å². The van der Waals surface area contributed by atoms with Crippen molar-refractivity contribution in [3.8, 4) is 0 Å². The minimum absolute atomic E-state index is 0.00474. The molecule has 4 fully saturated rings. The number of carbonyl (C=O) groups is 1. The molecule has 7 heteroatoms. The minimum atomic E-state index is -0.609. The fourth-order valence-corrected chi connectivity index (χ4v) is 8.70. The summed E-state index contributed by atoms with van der Waals surface area (Å²) >= 11 is 5.93. The quantitative estimate of drug-likeness (QED) is 0.237. The molecular weight excluding hydrogens is 559 g/mol. The first kappa shape index (κ1) is 28.5. The van der Waals surface area contributed by atoms with Crippen LogP contribution in [0.25, 0.3) is 11.0 Å². The zero-order valence-electron chi connectivity index (χ0n) is 24.9. The third-order valence-electron chi connectivity index (χ3n) is 11.0. The van der Waals surface area contributed by atoms with Gasteiger partial charge in [-0.2, -0.15) is 0 Å². The van der Waals surface area contributed by atoms with Crippen LogP contribution in [0.1, 0.15) is 73.1 Å². The van der Waals surface area contributed by atoms with Crippen LogP contribution in [0.3, 0.4) is 0 Å². The number of likely N-dealkylation sites (tertiary alicyclic amines) is 2. The highest BCUT2D eigenvalue weighted by molar-refractivity contribution is 6.31. The lowest BCUT2D eigenvalue weighted by Gasteiger charge is -2.44. The van der Waals surface area contributed by atoms with Gasteiger partial charge in [0.05, 0.1) is 21.6 Å². The van der Waals surface area contributed by atoms with Crippen LogP contribution in [0.15, 0.2) is 72.8 Å². The predicted molar refractivity (Wildman–Crippen MR) is 170 cm³/mol. The predicted octanol–water partition coefficient (Wildman–Crippen LogP) is 7.93. The molecule has 3 aromatic carbocycles. The first-order valence-corrected chi connectivity index (χ1v) is 16.3. The molecule has 0 radical (unpaired) electrons. The number of hydrogen-bond acceptors (Lipinski definition) is 3. The Hall–Kier alpha value is -3.22. The molecule has 0 bridgehead atoms. The van der Waals surface area contributed by atoms with Crippen molar-refractivity contribution in [3.63, 3.8) is 0 Å². The largest absolute Gasteiger partial charge is 0.342 e. The average molecular weight is 599 g/mol. The van der Waals surface area contributed by atoms with E-state index in [4.69, 9.17) is 11.6 Å². The molecule has 1 amide bonds. The molecule has 3 heterocycles. The molecule has 8 rings (SSSR count). The first-order chi connectivity index (χ1) is 20.9. The molecule has 1 N–H and O–H groups in total. The molecule has 2 aliphatic heterocycles. The number of rotatable bonds is 5. The number of aromatic nitrogens is 2. The molecule has 4 unspecified atom stereocenters. The van der Waals surface area contributed by atoms with Crippen LogP contribution in [-0.4, -0.2) is 56.9 Å². The summed E-state index contributed by atoms with van der Waals surface area (Å²) in [5, 5.41) is 0.00474. The van der Waals surface area contributed by atoms with Crippen LogP contribution >= 0.6 is 11.6 Å². The lowest BCUT2D eigenvalue weighted by molar-refractivity contribution is 0.0644. The van der Waals surface area contributed by atoms with Crippen LogP contribution in [-0.2, 0) is 5.41 Å². The Bertz CT molecular complexity index is 1580. The standard InChI is InChI=1S/C28H32ClFN2O.C8H8N2/c29-23-10-5-9-22(25(23)30)26(33)31-17-14-27(15-18-31,20-6-2-1-3-7-20)16-19-32-24-11-4-8-21-12-13-28(21,24)32;1-6-9-7-4-2-3-5-8(7)10-6/h1-3,5-7,9-10,21,24H,4,8,11-19H2;2-5H,1H3,(H,9,10). The van der Waals surface area contributed by atoms with E-state index in [2.05, 4.69) is 45.2 Å². The van der Waals surface area contributed by atoms with E-state index in [1.54, 1.807) is 12.1 Å². The van der Waals surface area contributed by atoms with Gasteiger partial charge in [0.2, 0.25) is 0 Å². The molecule has 1 aromatic heterocycles. The highest BCUT2D eigenvalue weighted by Crippen LogP contribution is 2.64. The van der Waals surface area contributed by atoms with Gasteiger partial charge in [-0.25, -0.2) is 9.37 Å². The molecule has 43 heavy (non-hydrogen) atoms. The van der Waals surface area contributed by atoms with E-state index < -0.39 is 5.82 Å². The van der Waals surface area contributed by atoms with Crippen LogP contribution in [0.5, 0.6) is 0 Å². The summed E-state index contributed by atoms with van der Waals surface area (Å²) in [6, 6.07) is 24.4. The number of H-pyrrole nitrogens is 1. The summed E-state index contributed by atoms with van der Waals surface area (Å²) < 4.78 is 14.5. The van der Waals surface area contributed by atoms with E-state index in [9.17, 15) is 9.18 Å². The summed E-state index contributed by atoms with van der Waals surface area (Å²) in [7, 11) is 0. The Balaban J connectivity index is 0.000000253. The van der Waals surface area contributed by atoms with Crippen molar-refractivity contribution in [2.45, 2.75) is 75.3 Å². The van der Waals surface area contributed by atoms with Gasteiger partial charge in [0.15, 0.2) is 5.82 Å². The number of amides is 1. The number of piperidine rings is 1. The maximum absolute atomic E-state index is 14.5. The van der Waals surface area contributed by atoms with Gasteiger partial charge in [0.1, 0.15) is 5.82 Å². The monoisotopic (exact) mass is 598 g/mol. The van der Waals surface area contributed by atoms with Crippen molar-refractivity contribution in [2.75, 3.05) is 19.6 Å². The number of benzene rings is 3. The number of hydrogen-bond donors (Lipinski definition) is 1. The lowest BCUT2D eigenvalue weighted by Crippen LogP contribution is -2.46. The average Bonchev–Trinajstić information content (AvgIpc) is 3.56. The number of imidazole rings is 1. The zero-order chi connectivity index (χ0) is 29.6. The van der Waals surface area contributed by atoms with E-state index >= 15 is 0 Å². The molecular formula is C36H40ClFN4O. The lowest BCUT2D eigenvalue weighted by atomic mass is 9.64. The second kappa shape index (κ2) is 11.4. The number of aromatic amines is 1. The van der Waals surface area contributed by atoms with Crippen LogP contribution in [0.4, 0.5) is 4.39 Å². The van der Waals surface area contributed by atoms with Gasteiger partial charge >= 0.3 is 0 Å². The number of halogens is 2. The summed E-state index contributed by atoms with van der Waals surface area (Å²) in [5.74, 6) is 1.06. The van der Waals surface area contributed by atoms with Gasteiger partial charge in [-0.15, -0.1) is 0 Å². The summed E-state index contributed by atoms with van der Waals surface area (Å²) in [4.78, 5) is 25.1. The fourth-order valence-electron chi connectivity index (χ4n) is 8.52. The summed E-state index contributed by atoms with van der Waals surface area (Å²) in [6.45, 7) is 4.42. The normalized spacial score (nSPS) is 26.9. The third kappa shape index (κ3) is 5.06. The molecule has 2 saturated carbocycles. The zero-order valence-corrected chi connectivity index (χ0v) is 25.6. The topological polar surface area (TPSA) is 52.0 Å². The number of fused-ring (bicyclic) bond motifs is 1. The van der Waals surface area contributed by atoms with E-state index in [0.717, 1.165) is 54.6 Å². The van der Waals surface area contributed by atoms with Gasteiger partial charge in [0, 0.05) is 24.7 Å². The smallest absolute Gasteiger partial charge is 0.256 e. The van der Waals surface area contributed by atoms with Gasteiger partial charge in [-0.05, 0) is 99.6 Å². The van der Waals surface area contributed by atoms with Crippen molar-refractivity contribution in [2.24, 2.45) is 5.92 Å². The first-order valence-electron chi connectivity index (χ1n) is 15.9. The van der Waals surface area contributed by atoms with Gasteiger partial charge < -0.3 is 9.88 Å². The number of para-hydroxylation sites is 2. The van der Waals surface area contributed by atoms with Crippen molar-refractivity contribution in [3.05, 3.63) is 101 Å². The Labute approximate surface area is 258 Å². The second-order valence-electron chi connectivity index (χ2n) is 13.0. The number of nitrogens with zero attached hydrogens (tertiary/aromatic N) is 3. The number of nitrogens with one attached hydrogen (secondary N) is 1. The van der Waals surface area contributed by atoms with Crippen molar-refractivity contribution >= 4 is 28.5 Å². The van der Waals surface area contributed by atoms with Crippen LogP contribution in [0.2, 0.25) is 5.02 Å². The van der Waals surface area contributed by atoms with E-state index in [1.807, 2.05) is 36.1 Å². The third-order valence-corrected chi connectivity index (χ3v) is 11.3. The number of carbonyl (C=O) groups excluding carboxylic acids is 1. The molecule has 4 aromatic rings. The highest BCUT2D eigenvalue weighted by Gasteiger charge is 2.70. The summed E-state index contributed by atoms with van der Waals surface area (Å²) in [5.41, 5.74) is 4.25. The van der Waals surface area contributed by atoms with E-state index in [-0.39, 0.29) is 21.9 Å². The molecule has 5 nitrogen and oxygen atoms in total. The summed E-state index contributed by atoms with van der Waals surface area (Å²) in [6.07, 6.45) is 9.99. The molecule has 224 valence electrons. The van der Waals surface area contributed by atoms with Crippen LogP contribution < -0.4 is 0 Å². The molecule has 4 atom stereocenters. The van der Waals surface area contributed by atoms with Gasteiger partial charge in [0.25, 0.3) is 5.91 Å². The van der Waals surface area contributed by atoms with Gasteiger partial charge in [-0.1, -0.05) is 66.6 Å². The minimum Gasteiger partial charge on any atom is -0.342 e. The molecule has 2 saturated heterocycles. The Kier molecular flexibility index (Phi) is 7.55. The Morgan fingerprint density at radius 2 is 1.74 bits per heavy atom. The molecule has 1 spiro atoms. The molecule has 4 aliphatic rings. The fraction of sp³-hybridized carbons (Fsp3) is 0.444. The second-order valence-corrected chi connectivity index (χ2v) is 13.4. The van der Waals surface area contributed by atoms with Crippen LogP contribution in [0, 0.1) is 18.7 Å². The van der Waals surface area contributed by atoms with E-state index in [1.165, 1.54) is 43.7 Å². The maximum Gasteiger partial charge on any atom is 0.256 e. The van der Waals surface area contributed by atoms with Crippen molar-refractivity contribution < 1.29 is 9.18 Å². The highest BCUT2D eigenvalue weighted by atomic mass is 35.5. The number of aryl methyl sites for hydroxylation is 1.